The predicted molar refractivity (Wildman–Crippen MR) is 134 cm³/mol. The smallest absolute Gasteiger partial charge is 0.338 e. The van der Waals surface area contributed by atoms with E-state index in [0.717, 1.165) is 22.4 Å². The number of esters is 1. The van der Waals surface area contributed by atoms with Gasteiger partial charge in [-0.15, -0.1) is 5.10 Å². The van der Waals surface area contributed by atoms with E-state index >= 15 is 0 Å². The number of nitrogens with zero attached hydrogens (tertiary/aromatic N) is 3. The number of ether oxygens (including phenoxy) is 2. The molecule has 4 rings (SSSR count). The topological polar surface area (TPSA) is 78.3 Å². The standard InChI is InChI=1S/C26H28N4O3S/c1-5-15-32-24(31)22-18(4)27-25-28-26(34-6-2)29-30(25)23(22)20-13-9-10-14-21(20)33-16-19-12-8-7-11-17(19)3/h5,7-14,23H,1,6,15-16H2,2-4H3,(H,27,28,29). The van der Waals surface area contributed by atoms with Crippen LogP contribution in [0.25, 0.3) is 0 Å². The third-order valence-electron chi connectivity index (χ3n) is 5.52. The minimum Gasteiger partial charge on any atom is -0.489 e. The van der Waals surface area contributed by atoms with Gasteiger partial charge in [-0.3, -0.25) is 0 Å². The Labute approximate surface area is 203 Å². The van der Waals surface area contributed by atoms with E-state index in [4.69, 9.17) is 14.6 Å². The molecule has 0 amide bonds. The predicted octanol–water partition coefficient (Wildman–Crippen LogP) is 5.30. The molecule has 34 heavy (non-hydrogen) atoms. The first-order chi connectivity index (χ1) is 16.5. The summed E-state index contributed by atoms with van der Waals surface area (Å²) < 4.78 is 13.5. The first-order valence-electron chi connectivity index (χ1n) is 11.1. The molecule has 0 spiro atoms. The summed E-state index contributed by atoms with van der Waals surface area (Å²) in [7, 11) is 0. The highest BCUT2D eigenvalue weighted by Gasteiger charge is 2.36. The van der Waals surface area contributed by atoms with E-state index in [9.17, 15) is 4.79 Å². The van der Waals surface area contributed by atoms with Gasteiger partial charge in [-0.1, -0.05) is 73.8 Å². The van der Waals surface area contributed by atoms with Gasteiger partial charge in [0.15, 0.2) is 0 Å². The zero-order valence-corrected chi connectivity index (χ0v) is 20.4. The van der Waals surface area contributed by atoms with Crippen molar-refractivity contribution in [1.29, 1.82) is 0 Å². The number of anilines is 1. The normalized spacial score (nSPS) is 14.9. The number of nitrogens with one attached hydrogen (secondary N) is 1. The van der Waals surface area contributed by atoms with E-state index in [0.29, 0.717) is 34.7 Å². The Morgan fingerprint density at radius 1 is 1.21 bits per heavy atom. The summed E-state index contributed by atoms with van der Waals surface area (Å²) in [6.45, 7) is 10.1. The maximum Gasteiger partial charge on any atom is 0.338 e. The van der Waals surface area contributed by atoms with Gasteiger partial charge in [-0.25, -0.2) is 9.48 Å². The van der Waals surface area contributed by atoms with Gasteiger partial charge in [-0.05, 0) is 36.8 Å². The Hall–Kier alpha value is -3.52. The van der Waals surface area contributed by atoms with Gasteiger partial charge < -0.3 is 14.8 Å². The number of hydrogen-bond acceptors (Lipinski definition) is 7. The average molecular weight is 477 g/mol. The quantitative estimate of drug-likeness (QED) is 0.255. The van der Waals surface area contributed by atoms with Crippen LogP contribution in [0.15, 0.2) is 77.6 Å². The molecule has 0 saturated carbocycles. The second-order valence-corrected chi connectivity index (χ2v) is 9.03. The van der Waals surface area contributed by atoms with E-state index < -0.39 is 12.0 Å². The monoisotopic (exact) mass is 476 g/mol. The number of aryl methyl sites for hydroxylation is 1. The van der Waals surface area contributed by atoms with Gasteiger partial charge in [0.25, 0.3) is 0 Å². The fraction of sp³-hybridized carbons (Fsp3) is 0.269. The van der Waals surface area contributed by atoms with Gasteiger partial charge >= 0.3 is 5.97 Å². The van der Waals surface area contributed by atoms with Gasteiger partial charge in [0.05, 0.1) is 5.57 Å². The molecule has 2 aromatic carbocycles. The number of para-hydroxylation sites is 1. The molecule has 0 aliphatic carbocycles. The molecule has 1 aromatic heterocycles. The SMILES string of the molecule is C=CCOC(=O)C1=C(C)Nc2nc(SCC)nn2C1c1ccccc1OCc1ccccc1C. The molecule has 2 heterocycles. The molecule has 0 bridgehead atoms. The lowest BCUT2D eigenvalue weighted by Gasteiger charge is -2.29. The van der Waals surface area contributed by atoms with Crippen molar-refractivity contribution in [3.05, 3.63) is 89.1 Å². The molecule has 7 nitrogen and oxygen atoms in total. The van der Waals surface area contributed by atoms with E-state index in [1.54, 1.807) is 22.5 Å². The van der Waals surface area contributed by atoms with Crippen LogP contribution in [0.4, 0.5) is 5.95 Å². The third kappa shape index (κ3) is 4.87. The van der Waals surface area contributed by atoms with Crippen LogP contribution in [0.5, 0.6) is 5.75 Å². The molecule has 3 aromatic rings. The second kappa shape index (κ2) is 10.6. The summed E-state index contributed by atoms with van der Waals surface area (Å²) in [4.78, 5) is 17.8. The number of thioether (sulfide) groups is 1. The molecule has 0 radical (unpaired) electrons. The molecule has 1 N–H and O–H groups in total. The van der Waals surface area contributed by atoms with Crippen molar-refractivity contribution in [2.75, 3.05) is 17.7 Å². The minimum atomic E-state index is -0.555. The summed E-state index contributed by atoms with van der Waals surface area (Å²) in [5, 5.41) is 8.57. The fourth-order valence-electron chi connectivity index (χ4n) is 3.85. The summed E-state index contributed by atoms with van der Waals surface area (Å²) in [5.41, 5.74) is 4.19. The molecule has 0 saturated heterocycles. The Kier molecular flexibility index (Phi) is 7.37. The Morgan fingerprint density at radius 3 is 2.74 bits per heavy atom. The molecule has 8 heteroatoms. The van der Waals surface area contributed by atoms with Crippen LogP contribution in [0.1, 0.15) is 36.6 Å². The number of carbonyl (C=O) groups is 1. The maximum atomic E-state index is 13.2. The van der Waals surface area contributed by atoms with Crippen molar-refractivity contribution in [2.45, 2.75) is 38.6 Å². The van der Waals surface area contributed by atoms with Crippen LogP contribution in [-0.2, 0) is 16.1 Å². The zero-order chi connectivity index (χ0) is 24.1. The summed E-state index contributed by atoms with van der Waals surface area (Å²) >= 11 is 1.54. The lowest BCUT2D eigenvalue weighted by atomic mass is 9.95. The number of allylic oxidation sites excluding steroid dienone is 1. The van der Waals surface area contributed by atoms with Crippen molar-refractivity contribution >= 4 is 23.7 Å². The van der Waals surface area contributed by atoms with Gasteiger partial charge in [0.2, 0.25) is 11.1 Å². The zero-order valence-electron chi connectivity index (χ0n) is 19.6. The molecule has 0 fully saturated rings. The molecule has 1 aliphatic heterocycles. The van der Waals surface area contributed by atoms with Crippen molar-refractivity contribution in [1.82, 2.24) is 14.8 Å². The van der Waals surface area contributed by atoms with E-state index in [1.165, 1.54) is 0 Å². The Morgan fingerprint density at radius 2 is 1.97 bits per heavy atom. The number of benzene rings is 2. The Bertz CT molecular complexity index is 1230. The molecular weight excluding hydrogens is 448 g/mol. The van der Waals surface area contributed by atoms with Crippen molar-refractivity contribution in [3.8, 4) is 5.75 Å². The lowest BCUT2D eigenvalue weighted by molar-refractivity contribution is -0.138. The highest BCUT2D eigenvalue weighted by molar-refractivity contribution is 7.99. The Balaban J connectivity index is 1.77. The average Bonchev–Trinajstić information content (AvgIpc) is 3.23. The lowest BCUT2D eigenvalue weighted by Crippen LogP contribution is -2.30. The van der Waals surface area contributed by atoms with Crippen molar-refractivity contribution in [3.63, 3.8) is 0 Å². The molecule has 1 unspecified atom stereocenters. The highest BCUT2D eigenvalue weighted by Crippen LogP contribution is 2.40. The van der Waals surface area contributed by atoms with E-state index in [-0.39, 0.29) is 6.61 Å². The van der Waals surface area contributed by atoms with Crippen LogP contribution in [0.3, 0.4) is 0 Å². The molecule has 176 valence electrons. The van der Waals surface area contributed by atoms with E-state index in [1.807, 2.05) is 56.3 Å². The van der Waals surface area contributed by atoms with Crippen molar-refractivity contribution in [2.24, 2.45) is 0 Å². The highest BCUT2D eigenvalue weighted by atomic mass is 32.2. The van der Waals surface area contributed by atoms with E-state index in [2.05, 4.69) is 29.9 Å². The largest absolute Gasteiger partial charge is 0.489 e. The number of fused-ring (bicyclic) bond motifs is 1. The molecule has 1 aliphatic rings. The number of carbonyl (C=O) groups excluding carboxylic acids is 1. The number of hydrogen-bond donors (Lipinski definition) is 1. The van der Waals surface area contributed by atoms with Crippen LogP contribution in [0.2, 0.25) is 0 Å². The number of aromatic nitrogens is 3. The van der Waals surface area contributed by atoms with Crippen LogP contribution >= 0.6 is 11.8 Å². The molecular formula is C26H28N4O3S. The first kappa shape index (κ1) is 23.6. The van der Waals surface area contributed by atoms with Crippen LogP contribution in [0, 0.1) is 6.92 Å². The van der Waals surface area contributed by atoms with Gasteiger partial charge in [0.1, 0.15) is 25.0 Å². The third-order valence-corrected chi connectivity index (χ3v) is 6.24. The first-order valence-corrected chi connectivity index (χ1v) is 12.1. The summed E-state index contributed by atoms with van der Waals surface area (Å²) in [6, 6.07) is 15.3. The second-order valence-electron chi connectivity index (χ2n) is 7.80. The maximum absolute atomic E-state index is 13.2. The van der Waals surface area contributed by atoms with Crippen molar-refractivity contribution < 1.29 is 14.3 Å². The van der Waals surface area contributed by atoms with Crippen LogP contribution < -0.4 is 10.1 Å². The minimum absolute atomic E-state index is 0.120. The number of rotatable bonds is 9. The fourth-order valence-corrected chi connectivity index (χ4v) is 4.41. The summed E-state index contributed by atoms with van der Waals surface area (Å²) in [6.07, 6.45) is 1.55. The summed E-state index contributed by atoms with van der Waals surface area (Å²) in [5.74, 6) is 1.65. The van der Waals surface area contributed by atoms with Gasteiger partial charge in [-0.2, -0.15) is 4.98 Å². The van der Waals surface area contributed by atoms with Crippen LogP contribution in [-0.4, -0.2) is 33.1 Å². The molecule has 1 atom stereocenters. The van der Waals surface area contributed by atoms with Gasteiger partial charge in [0, 0.05) is 11.3 Å².